The van der Waals surface area contributed by atoms with Gasteiger partial charge in [0, 0.05) is 5.41 Å². The molecule has 0 atom stereocenters. The molecule has 0 saturated carbocycles. The van der Waals surface area contributed by atoms with Crippen molar-refractivity contribution in [1.29, 1.82) is 0 Å². The molecule has 0 unspecified atom stereocenters. The molecule has 1 rings (SSSR count). The number of methoxy groups -OCH3 is 1. The summed E-state index contributed by atoms with van der Waals surface area (Å²) >= 11 is 0. The molecule has 0 radical (unpaired) electrons. The lowest BCUT2D eigenvalue weighted by Gasteiger charge is -2.22. The van der Waals surface area contributed by atoms with E-state index in [0.29, 0.717) is 11.3 Å². The second-order valence-corrected chi connectivity index (χ2v) is 5.17. The van der Waals surface area contributed by atoms with Gasteiger partial charge in [-0.3, -0.25) is 9.59 Å². The van der Waals surface area contributed by atoms with Gasteiger partial charge in [0.2, 0.25) is 0 Å². The third-order valence-corrected chi connectivity index (χ3v) is 3.12. The lowest BCUT2D eigenvalue weighted by atomic mass is 9.80. The number of ether oxygens (including phenoxy) is 1. The Bertz CT molecular complexity index is 489. The number of benzene rings is 1. The van der Waals surface area contributed by atoms with Crippen molar-refractivity contribution >= 4 is 11.8 Å². The van der Waals surface area contributed by atoms with Crippen LogP contribution in [0.5, 0.6) is 5.75 Å². The van der Waals surface area contributed by atoms with Crippen LogP contribution in [0, 0.1) is 5.41 Å². The van der Waals surface area contributed by atoms with E-state index in [1.807, 2.05) is 13.0 Å². The molecule has 1 N–H and O–H groups in total. The number of carbonyl (C=O) groups is 2. The van der Waals surface area contributed by atoms with E-state index < -0.39 is 11.4 Å². The number of carboxylic acid groups (broad SMARTS) is 1. The molecule has 0 aliphatic carbocycles. The monoisotopic (exact) mass is 264 g/mol. The lowest BCUT2D eigenvalue weighted by Crippen LogP contribution is -2.28. The van der Waals surface area contributed by atoms with Gasteiger partial charge in [-0.05, 0) is 24.1 Å². The molecule has 0 amide bonds. The Morgan fingerprint density at radius 1 is 1.32 bits per heavy atom. The number of carbonyl (C=O) groups excluding carboxylic acids is 1. The first-order valence-corrected chi connectivity index (χ1v) is 6.25. The minimum Gasteiger partial charge on any atom is -0.496 e. The Balaban J connectivity index is 3.20. The molecule has 4 heteroatoms. The molecule has 0 aromatic heterocycles. The number of aryl methyl sites for hydroxylation is 1. The summed E-state index contributed by atoms with van der Waals surface area (Å²) in [6.07, 6.45) is 0.606. The third-order valence-electron chi connectivity index (χ3n) is 3.12. The highest BCUT2D eigenvalue weighted by Crippen LogP contribution is 2.31. The third kappa shape index (κ3) is 3.56. The zero-order chi connectivity index (χ0) is 14.6. The quantitative estimate of drug-likeness (QED) is 0.802. The van der Waals surface area contributed by atoms with Gasteiger partial charge in [-0.15, -0.1) is 0 Å². The number of hydrogen-bond donors (Lipinski definition) is 1. The SMILES string of the molecule is CCc1ccc(OC)c(C(=O)C(C)(C)CC(=O)O)c1. The highest BCUT2D eigenvalue weighted by Gasteiger charge is 2.33. The molecule has 0 bridgehead atoms. The number of aliphatic carboxylic acids is 1. The zero-order valence-corrected chi connectivity index (χ0v) is 11.8. The normalized spacial score (nSPS) is 11.2. The highest BCUT2D eigenvalue weighted by atomic mass is 16.5. The maximum Gasteiger partial charge on any atom is 0.304 e. The van der Waals surface area contributed by atoms with Gasteiger partial charge < -0.3 is 9.84 Å². The lowest BCUT2D eigenvalue weighted by molar-refractivity contribution is -0.138. The van der Waals surface area contributed by atoms with E-state index in [9.17, 15) is 9.59 Å². The maximum absolute atomic E-state index is 12.5. The molecule has 0 spiro atoms. The van der Waals surface area contributed by atoms with Crippen LogP contribution in [-0.4, -0.2) is 24.0 Å². The molecular weight excluding hydrogens is 244 g/mol. The van der Waals surface area contributed by atoms with Crippen LogP contribution in [0.25, 0.3) is 0 Å². The summed E-state index contributed by atoms with van der Waals surface area (Å²) in [6.45, 7) is 5.28. The number of ketones is 1. The fraction of sp³-hybridized carbons (Fsp3) is 0.467. The number of Topliss-reactive ketones (excluding diaryl/α,β-unsaturated/α-hetero) is 1. The summed E-state index contributed by atoms with van der Waals surface area (Å²) in [6, 6.07) is 5.44. The Hall–Kier alpha value is -1.84. The van der Waals surface area contributed by atoms with Crippen molar-refractivity contribution in [3.05, 3.63) is 29.3 Å². The van der Waals surface area contributed by atoms with E-state index in [0.717, 1.165) is 12.0 Å². The van der Waals surface area contributed by atoms with Crippen LogP contribution < -0.4 is 4.74 Å². The molecule has 0 heterocycles. The minimum absolute atomic E-state index is 0.203. The van der Waals surface area contributed by atoms with Crippen LogP contribution in [0.15, 0.2) is 18.2 Å². The summed E-state index contributed by atoms with van der Waals surface area (Å²) in [5, 5.41) is 8.89. The Labute approximate surface area is 113 Å². The van der Waals surface area contributed by atoms with Gasteiger partial charge in [0.25, 0.3) is 0 Å². The first-order valence-electron chi connectivity index (χ1n) is 6.25. The molecule has 0 aliphatic heterocycles. The standard InChI is InChI=1S/C15H20O4/c1-5-10-6-7-12(19-4)11(8-10)14(18)15(2,3)9-13(16)17/h6-8H,5,9H2,1-4H3,(H,16,17). The fourth-order valence-corrected chi connectivity index (χ4v) is 1.98. The van der Waals surface area contributed by atoms with Gasteiger partial charge in [0.1, 0.15) is 5.75 Å². The van der Waals surface area contributed by atoms with E-state index in [2.05, 4.69) is 0 Å². The molecule has 0 fully saturated rings. The van der Waals surface area contributed by atoms with Crippen LogP contribution >= 0.6 is 0 Å². The predicted molar refractivity (Wildman–Crippen MR) is 72.7 cm³/mol. The second kappa shape index (κ2) is 5.87. The van der Waals surface area contributed by atoms with Gasteiger partial charge in [-0.2, -0.15) is 0 Å². The molecular formula is C15H20O4. The van der Waals surface area contributed by atoms with Gasteiger partial charge in [-0.1, -0.05) is 26.8 Å². The fourth-order valence-electron chi connectivity index (χ4n) is 1.98. The number of carboxylic acids is 1. The summed E-state index contributed by atoms with van der Waals surface area (Å²) in [5.41, 5.74) is 0.522. The molecule has 4 nitrogen and oxygen atoms in total. The van der Waals surface area contributed by atoms with Gasteiger partial charge in [0.05, 0.1) is 19.1 Å². The summed E-state index contributed by atoms with van der Waals surface area (Å²) in [4.78, 5) is 23.4. The summed E-state index contributed by atoms with van der Waals surface area (Å²) < 4.78 is 5.20. The van der Waals surface area contributed by atoms with Crippen LogP contribution in [0.2, 0.25) is 0 Å². The van der Waals surface area contributed by atoms with Crippen molar-refractivity contribution in [2.45, 2.75) is 33.6 Å². The number of hydrogen-bond acceptors (Lipinski definition) is 3. The van der Waals surface area contributed by atoms with Crippen LogP contribution in [0.3, 0.4) is 0 Å². The van der Waals surface area contributed by atoms with Crippen molar-refractivity contribution in [2.24, 2.45) is 5.41 Å². The first kappa shape index (κ1) is 15.2. The molecule has 1 aromatic carbocycles. The summed E-state index contributed by atoms with van der Waals surface area (Å²) in [5.74, 6) is -0.702. The minimum atomic E-state index is -0.982. The van der Waals surface area contributed by atoms with E-state index in [1.54, 1.807) is 26.0 Å². The maximum atomic E-state index is 12.5. The van der Waals surface area contributed by atoms with Crippen LogP contribution in [-0.2, 0) is 11.2 Å². The Morgan fingerprint density at radius 2 is 1.95 bits per heavy atom. The zero-order valence-electron chi connectivity index (χ0n) is 11.8. The second-order valence-electron chi connectivity index (χ2n) is 5.17. The molecule has 1 aromatic rings. The molecule has 104 valence electrons. The van der Waals surface area contributed by atoms with Crippen molar-refractivity contribution in [2.75, 3.05) is 7.11 Å². The Kier molecular flexibility index (Phi) is 4.70. The largest absolute Gasteiger partial charge is 0.496 e. The first-order chi connectivity index (χ1) is 8.81. The molecule has 19 heavy (non-hydrogen) atoms. The smallest absolute Gasteiger partial charge is 0.304 e. The van der Waals surface area contributed by atoms with Crippen LogP contribution in [0.4, 0.5) is 0 Å². The molecule has 0 aliphatic rings. The van der Waals surface area contributed by atoms with Gasteiger partial charge in [-0.25, -0.2) is 0 Å². The van der Waals surface area contributed by atoms with Gasteiger partial charge >= 0.3 is 5.97 Å². The average molecular weight is 264 g/mol. The average Bonchev–Trinajstić information content (AvgIpc) is 2.35. The van der Waals surface area contributed by atoms with Crippen LogP contribution in [0.1, 0.15) is 43.1 Å². The van der Waals surface area contributed by atoms with Gasteiger partial charge in [0.15, 0.2) is 5.78 Å². The van der Waals surface area contributed by atoms with Crippen molar-refractivity contribution in [3.8, 4) is 5.75 Å². The number of rotatable bonds is 6. The highest BCUT2D eigenvalue weighted by molar-refractivity contribution is 6.03. The van der Waals surface area contributed by atoms with Crippen molar-refractivity contribution in [3.63, 3.8) is 0 Å². The molecule has 0 saturated heterocycles. The summed E-state index contributed by atoms with van der Waals surface area (Å²) in [7, 11) is 1.50. The predicted octanol–water partition coefficient (Wildman–Crippen LogP) is 2.94. The van der Waals surface area contributed by atoms with E-state index in [1.165, 1.54) is 7.11 Å². The van der Waals surface area contributed by atoms with E-state index in [-0.39, 0.29) is 12.2 Å². The van der Waals surface area contributed by atoms with Crippen molar-refractivity contribution in [1.82, 2.24) is 0 Å². The Morgan fingerprint density at radius 3 is 2.42 bits per heavy atom. The topological polar surface area (TPSA) is 63.6 Å². The van der Waals surface area contributed by atoms with E-state index in [4.69, 9.17) is 9.84 Å². The van der Waals surface area contributed by atoms with Crippen molar-refractivity contribution < 1.29 is 19.4 Å². The van der Waals surface area contributed by atoms with E-state index >= 15 is 0 Å².